The summed E-state index contributed by atoms with van der Waals surface area (Å²) in [5, 5.41) is 6.31. The number of pyridine rings is 1. The van der Waals surface area contributed by atoms with Crippen LogP contribution in [0.25, 0.3) is 0 Å². The largest absolute Gasteiger partial charge is 0.348 e. The van der Waals surface area contributed by atoms with Crippen molar-refractivity contribution in [2.75, 3.05) is 5.32 Å². The number of nitrogens with zero attached hydrogens (tertiary/aromatic N) is 1. The molecule has 0 saturated carbocycles. The topological polar surface area (TPSA) is 71.1 Å². The maximum Gasteiger partial charge on any atom is 0.270 e. The van der Waals surface area contributed by atoms with Crippen molar-refractivity contribution in [2.24, 2.45) is 0 Å². The first-order valence-electron chi connectivity index (χ1n) is 7.44. The molecule has 24 heavy (non-hydrogen) atoms. The molecule has 126 valence electrons. The molecule has 1 atom stereocenters. The summed E-state index contributed by atoms with van der Waals surface area (Å²) >= 11 is 11.9. The van der Waals surface area contributed by atoms with E-state index in [2.05, 4.69) is 15.6 Å². The summed E-state index contributed by atoms with van der Waals surface area (Å²) < 4.78 is 0. The fourth-order valence-corrected chi connectivity index (χ4v) is 2.22. The number of hydrogen-bond acceptors (Lipinski definition) is 3. The zero-order chi connectivity index (χ0) is 17.7. The van der Waals surface area contributed by atoms with Crippen LogP contribution in [-0.4, -0.2) is 22.8 Å². The Morgan fingerprint density at radius 1 is 1.17 bits per heavy atom. The van der Waals surface area contributed by atoms with E-state index in [1.165, 1.54) is 18.3 Å². The van der Waals surface area contributed by atoms with Crippen LogP contribution in [0.2, 0.25) is 10.0 Å². The lowest BCUT2D eigenvalue weighted by molar-refractivity contribution is 0.0934. The van der Waals surface area contributed by atoms with Crippen LogP contribution < -0.4 is 10.6 Å². The van der Waals surface area contributed by atoms with E-state index in [0.717, 1.165) is 6.42 Å². The Balaban J connectivity index is 2.17. The van der Waals surface area contributed by atoms with Gasteiger partial charge in [0.25, 0.3) is 11.8 Å². The predicted octanol–water partition coefficient (Wildman–Crippen LogP) is 4.17. The first-order valence-corrected chi connectivity index (χ1v) is 8.19. The van der Waals surface area contributed by atoms with Crippen LogP contribution in [0, 0.1) is 0 Å². The van der Waals surface area contributed by atoms with Crippen molar-refractivity contribution in [2.45, 2.75) is 26.3 Å². The van der Waals surface area contributed by atoms with Crippen molar-refractivity contribution in [3.63, 3.8) is 0 Å². The minimum absolute atomic E-state index is 0.0297. The molecule has 1 heterocycles. The number of benzene rings is 1. The maximum atomic E-state index is 12.4. The average Bonchev–Trinajstić information content (AvgIpc) is 2.58. The van der Waals surface area contributed by atoms with Crippen LogP contribution in [0.4, 0.5) is 5.69 Å². The summed E-state index contributed by atoms with van der Waals surface area (Å²) in [5.74, 6) is -0.723. The Bertz CT molecular complexity index is 765. The summed E-state index contributed by atoms with van der Waals surface area (Å²) in [6.07, 6.45) is 2.22. The molecule has 1 aromatic heterocycles. The first kappa shape index (κ1) is 18.2. The Hall–Kier alpha value is -2.11. The molecule has 0 fully saturated rings. The Morgan fingerprint density at radius 2 is 1.92 bits per heavy atom. The van der Waals surface area contributed by atoms with Gasteiger partial charge in [-0.15, -0.1) is 0 Å². The maximum absolute atomic E-state index is 12.4. The van der Waals surface area contributed by atoms with Gasteiger partial charge in [-0.3, -0.25) is 14.6 Å². The Labute approximate surface area is 150 Å². The van der Waals surface area contributed by atoms with Gasteiger partial charge < -0.3 is 10.6 Å². The summed E-state index contributed by atoms with van der Waals surface area (Å²) in [7, 11) is 0. The zero-order valence-electron chi connectivity index (χ0n) is 13.3. The van der Waals surface area contributed by atoms with Crippen molar-refractivity contribution in [3.8, 4) is 0 Å². The fraction of sp³-hybridized carbons (Fsp3) is 0.235. The molecule has 2 amide bonds. The number of anilines is 1. The molecule has 0 aliphatic carbocycles. The molecule has 0 radical (unpaired) electrons. The summed E-state index contributed by atoms with van der Waals surface area (Å²) in [5.41, 5.74) is 0.882. The number of amides is 2. The van der Waals surface area contributed by atoms with E-state index in [1.54, 1.807) is 18.2 Å². The highest BCUT2D eigenvalue weighted by atomic mass is 35.5. The van der Waals surface area contributed by atoms with Crippen LogP contribution in [-0.2, 0) is 0 Å². The number of halogens is 2. The highest BCUT2D eigenvalue weighted by Gasteiger charge is 2.14. The van der Waals surface area contributed by atoms with Gasteiger partial charge in [0, 0.05) is 22.8 Å². The number of carbonyl (C=O) groups excluding carboxylic acids is 2. The van der Waals surface area contributed by atoms with Crippen LogP contribution in [0.1, 0.15) is 41.1 Å². The minimum Gasteiger partial charge on any atom is -0.348 e. The monoisotopic (exact) mass is 365 g/mol. The highest BCUT2D eigenvalue weighted by Crippen LogP contribution is 2.25. The quantitative estimate of drug-likeness (QED) is 0.834. The minimum atomic E-state index is -0.404. The van der Waals surface area contributed by atoms with E-state index in [1.807, 2.05) is 13.8 Å². The van der Waals surface area contributed by atoms with E-state index in [-0.39, 0.29) is 17.6 Å². The average molecular weight is 366 g/mol. The third kappa shape index (κ3) is 4.69. The second-order valence-corrected chi connectivity index (χ2v) is 6.13. The number of hydrogen-bond donors (Lipinski definition) is 2. The molecule has 5 nitrogen and oxygen atoms in total. The predicted molar refractivity (Wildman–Crippen MR) is 95.9 cm³/mol. The molecule has 0 aliphatic heterocycles. The lowest BCUT2D eigenvalue weighted by atomic mass is 10.2. The zero-order valence-corrected chi connectivity index (χ0v) is 14.8. The lowest BCUT2D eigenvalue weighted by Crippen LogP contribution is -2.32. The van der Waals surface area contributed by atoms with Crippen LogP contribution in [0.15, 0.2) is 36.5 Å². The second-order valence-electron chi connectivity index (χ2n) is 5.29. The van der Waals surface area contributed by atoms with E-state index in [0.29, 0.717) is 21.3 Å². The van der Waals surface area contributed by atoms with Crippen LogP contribution in [0.5, 0.6) is 0 Å². The molecule has 1 aromatic carbocycles. The molecule has 2 N–H and O–H groups in total. The number of nitrogens with one attached hydrogen (secondary N) is 2. The third-order valence-electron chi connectivity index (χ3n) is 3.42. The highest BCUT2D eigenvalue weighted by molar-refractivity contribution is 6.35. The number of rotatable bonds is 5. The van der Waals surface area contributed by atoms with Crippen molar-refractivity contribution in [3.05, 3.63) is 57.8 Å². The van der Waals surface area contributed by atoms with Crippen molar-refractivity contribution < 1.29 is 9.59 Å². The van der Waals surface area contributed by atoms with Gasteiger partial charge in [0.15, 0.2) is 0 Å². The molecule has 1 unspecified atom stereocenters. The van der Waals surface area contributed by atoms with Crippen LogP contribution >= 0.6 is 23.2 Å². The van der Waals surface area contributed by atoms with Crippen molar-refractivity contribution in [1.82, 2.24) is 10.3 Å². The van der Waals surface area contributed by atoms with E-state index in [9.17, 15) is 9.59 Å². The molecule has 0 bridgehead atoms. The SMILES string of the molecule is CCC(C)NC(=O)c1cc(C(=O)Nc2cc(Cl)ccc2Cl)ccn1. The first-order chi connectivity index (χ1) is 11.4. The molecular formula is C17H17Cl2N3O2. The molecule has 0 aliphatic rings. The smallest absolute Gasteiger partial charge is 0.270 e. The van der Waals surface area contributed by atoms with Gasteiger partial charge in [-0.2, -0.15) is 0 Å². The number of aromatic nitrogens is 1. The van der Waals surface area contributed by atoms with Gasteiger partial charge in [-0.1, -0.05) is 30.1 Å². The third-order valence-corrected chi connectivity index (χ3v) is 3.99. The molecule has 2 aromatic rings. The van der Waals surface area contributed by atoms with Crippen LogP contribution in [0.3, 0.4) is 0 Å². The lowest BCUT2D eigenvalue weighted by Gasteiger charge is -2.11. The Kier molecular flexibility index (Phi) is 6.17. The van der Waals surface area contributed by atoms with Gasteiger partial charge in [0.1, 0.15) is 5.69 Å². The molecule has 0 saturated heterocycles. The van der Waals surface area contributed by atoms with E-state index < -0.39 is 5.91 Å². The van der Waals surface area contributed by atoms with Gasteiger partial charge in [0.2, 0.25) is 0 Å². The second kappa shape index (κ2) is 8.13. The van der Waals surface area contributed by atoms with Gasteiger partial charge in [-0.25, -0.2) is 0 Å². The normalized spacial score (nSPS) is 11.7. The van der Waals surface area contributed by atoms with Gasteiger partial charge >= 0.3 is 0 Å². The van der Waals surface area contributed by atoms with Gasteiger partial charge in [-0.05, 0) is 43.7 Å². The van der Waals surface area contributed by atoms with E-state index >= 15 is 0 Å². The van der Waals surface area contributed by atoms with Crippen molar-refractivity contribution in [1.29, 1.82) is 0 Å². The molecule has 2 rings (SSSR count). The fourth-order valence-electron chi connectivity index (χ4n) is 1.88. The summed E-state index contributed by atoms with van der Waals surface area (Å²) in [6.45, 7) is 3.87. The van der Waals surface area contributed by atoms with Gasteiger partial charge in [0.05, 0.1) is 10.7 Å². The summed E-state index contributed by atoms with van der Waals surface area (Å²) in [4.78, 5) is 28.5. The molecule has 7 heteroatoms. The number of carbonyl (C=O) groups is 2. The molecule has 0 spiro atoms. The summed E-state index contributed by atoms with van der Waals surface area (Å²) in [6, 6.07) is 7.77. The standard InChI is InChI=1S/C17H17Cl2N3O2/c1-3-10(2)21-17(24)15-8-11(6-7-20-15)16(23)22-14-9-12(18)4-5-13(14)19/h4-10H,3H2,1-2H3,(H,21,24)(H,22,23). The van der Waals surface area contributed by atoms with Crippen molar-refractivity contribution >= 4 is 40.7 Å². The van der Waals surface area contributed by atoms with E-state index in [4.69, 9.17) is 23.2 Å². The Morgan fingerprint density at radius 3 is 2.62 bits per heavy atom. The molecular weight excluding hydrogens is 349 g/mol.